The summed E-state index contributed by atoms with van der Waals surface area (Å²) in [5, 5.41) is 3.79. The van der Waals surface area contributed by atoms with Crippen LogP contribution in [0.3, 0.4) is 0 Å². The first-order valence-electron chi connectivity index (χ1n) is 25.1. The van der Waals surface area contributed by atoms with Crippen molar-refractivity contribution in [1.82, 2.24) is 19.5 Å². The minimum atomic E-state index is -3.97. The van der Waals surface area contributed by atoms with Crippen LogP contribution >= 0.6 is 97.1 Å². The van der Waals surface area contributed by atoms with Gasteiger partial charge in [0.1, 0.15) is 39.5 Å². The molecule has 0 atom stereocenters. The average Bonchev–Trinajstić information content (AvgIpc) is 2.91. The van der Waals surface area contributed by atoms with Gasteiger partial charge in [-0.05, 0) is 124 Å². The van der Waals surface area contributed by atoms with Crippen LogP contribution in [0.4, 0.5) is 17.1 Å². The number of aryl methyl sites for hydroxylation is 2. The maximum atomic E-state index is 12.9. The van der Waals surface area contributed by atoms with Gasteiger partial charge in [0.25, 0.3) is 30.1 Å². The summed E-state index contributed by atoms with van der Waals surface area (Å²) in [6.07, 6.45) is 9.92. The summed E-state index contributed by atoms with van der Waals surface area (Å²) in [5.74, 6) is 3.41. The predicted octanol–water partition coefficient (Wildman–Crippen LogP) is 18.0. The Kier molecular flexibility index (Phi) is 20.5. The van der Waals surface area contributed by atoms with Crippen molar-refractivity contribution >= 4 is 161 Å². The Morgan fingerprint density at radius 2 is 1.14 bits per heavy atom. The van der Waals surface area contributed by atoms with E-state index >= 15 is 0 Å². The van der Waals surface area contributed by atoms with Crippen LogP contribution in [0.2, 0.25) is 35.3 Å². The summed E-state index contributed by atoms with van der Waals surface area (Å²) in [7, 11) is -10.3. The molecule has 448 valence electrons. The maximum absolute atomic E-state index is 12.9. The second kappa shape index (κ2) is 27.6. The average molecular weight is 1430 g/mol. The molecule has 11 rings (SSSR count). The highest BCUT2D eigenvalue weighted by molar-refractivity contribution is 9.10. The molecule has 0 spiro atoms. The summed E-state index contributed by atoms with van der Waals surface area (Å²) in [6, 6.07) is 38.3. The van der Waals surface area contributed by atoms with E-state index in [-0.39, 0.29) is 52.1 Å². The molecule has 0 aliphatic carbocycles. The molecule has 1 aliphatic rings. The fourth-order valence-corrected chi connectivity index (χ4v) is 14.1. The molecule has 0 amide bonds. The van der Waals surface area contributed by atoms with Crippen LogP contribution in [0.25, 0.3) is 17.0 Å². The molecule has 17 nitrogen and oxygen atoms in total. The summed E-state index contributed by atoms with van der Waals surface area (Å²) in [4.78, 5) is 12.0. The second-order valence-electron chi connectivity index (χ2n) is 18.5. The van der Waals surface area contributed by atoms with E-state index in [1.165, 1.54) is 78.9 Å². The normalized spacial score (nSPS) is 11.8. The zero-order valence-corrected chi connectivity index (χ0v) is 54.4. The van der Waals surface area contributed by atoms with Gasteiger partial charge in [-0.2, -0.15) is 8.42 Å². The molecule has 4 heterocycles. The summed E-state index contributed by atoms with van der Waals surface area (Å²) >= 11 is 45.9. The predicted molar refractivity (Wildman–Crippen MR) is 347 cm³/mol. The first-order chi connectivity index (χ1) is 41.3. The molecule has 0 fully saturated rings. The third-order valence-corrected chi connectivity index (χ3v) is 19.2. The number of pyridine rings is 2. The lowest BCUT2D eigenvalue weighted by molar-refractivity contribution is 0.378. The van der Waals surface area contributed by atoms with E-state index in [1.54, 1.807) is 67.7 Å². The molecule has 87 heavy (non-hydrogen) atoms. The molecule has 0 saturated heterocycles. The number of aromatic nitrogens is 4. The molecule has 1 aliphatic heterocycles. The van der Waals surface area contributed by atoms with Gasteiger partial charge in [0.15, 0.2) is 21.7 Å². The first kappa shape index (κ1) is 64.5. The number of allylic oxidation sites excluding steroid dienone is 1. The first-order valence-corrected chi connectivity index (χ1v) is 33.0. The Bertz CT molecular complexity index is 4660. The highest BCUT2D eigenvalue weighted by Gasteiger charge is 2.29. The number of hydrogen-bond acceptors (Lipinski definition) is 13. The molecule has 0 saturated carbocycles. The van der Waals surface area contributed by atoms with Gasteiger partial charge < -0.3 is 18.9 Å². The van der Waals surface area contributed by atoms with E-state index in [0.717, 1.165) is 21.9 Å². The molecule has 0 unspecified atom stereocenters. The van der Waals surface area contributed by atoms with Crippen molar-refractivity contribution in [2.45, 2.75) is 35.1 Å². The smallest absolute Gasteiger partial charge is 0.281 e. The van der Waals surface area contributed by atoms with Gasteiger partial charge in [0.2, 0.25) is 0 Å². The van der Waals surface area contributed by atoms with Crippen molar-refractivity contribution < 1.29 is 44.2 Å². The lowest BCUT2D eigenvalue weighted by atomic mass is 10.1. The zero-order chi connectivity index (χ0) is 62.4. The van der Waals surface area contributed by atoms with Crippen molar-refractivity contribution in [3.63, 3.8) is 0 Å². The minimum Gasteiger partial charge on any atom is -0.493 e. The second-order valence-corrected chi connectivity index (χ2v) is 27.2. The van der Waals surface area contributed by atoms with Gasteiger partial charge in [-0.15, -0.1) is 0 Å². The lowest BCUT2D eigenvalue weighted by Crippen LogP contribution is -2.16. The quantitative estimate of drug-likeness (QED) is 0.0821. The number of methoxy groups -OCH3 is 1. The van der Waals surface area contributed by atoms with Gasteiger partial charge >= 0.3 is 0 Å². The van der Waals surface area contributed by atoms with Gasteiger partial charge in [0, 0.05) is 58.8 Å². The van der Waals surface area contributed by atoms with Crippen LogP contribution in [0, 0.1) is 13.8 Å². The highest BCUT2D eigenvalue weighted by Crippen LogP contribution is 2.41. The number of fused-ring (bicyclic) bond motifs is 2. The third kappa shape index (κ3) is 16.2. The number of halogens is 8. The molecule has 3 aromatic heterocycles. The van der Waals surface area contributed by atoms with E-state index in [0.29, 0.717) is 72.0 Å². The molecule has 0 bridgehead atoms. The van der Waals surface area contributed by atoms with Crippen LogP contribution < -0.4 is 33.1 Å². The fourth-order valence-electron chi connectivity index (χ4n) is 8.07. The van der Waals surface area contributed by atoms with Gasteiger partial charge in [0.05, 0.1) is 66.6 Å². The van der Waals surface area contributed by atoms with Gasteiger partial charge in [-0.25, -0.2) is 21.8 Å². The number of benzene rings is 7. The van der Waals surface area contributed by atoms with Gasteiger partial charge in [-0.3, -0.25) is 28.7 Å². The topological polar surface area (TPSA) is 219 Å². The van der Waals surface area contributed by atoms with E-state index in [2.05, 4.69) is 45.0 Å². The molecule has 10 aromatic rings. The largest absolute Gasteiger partial charge is 0.493 e. The Labute approximate surface area is 544 Å². The molecular weight excluding hydrogens is 1390 g/mol. The number of hydrogen-bond donors (Lipinski definition) is 3. The van der Waals surface area contributed by atoms with E-state index < -0.39 is 30.1 Å². The van der Waals surface area contributed by atoms with Crippen molar-refractivity contribution in [2.24, 2.45) is 0 Å². The number of rotatable bonds is 16. The van der Waals surface area contributed by atoms with Crippen LogP contribution in [0.5, 0.6) is 40.2 Å². The zero-order valence-electron chi connectivity index (χ0n) is 45.1. The Morgan fingerprint density at radius 3 is 1.74 bits per heavy atom. The number of nitrogens with one attached hydrogen (secondary N) is 3. The van der Waals surface area contributed by atoms with Crippen LogP contribution in [0.1, 0.15) is 17.0 Å². The molecular formula is C59H43BrCl7N7O10S3. The standard InChI is InChI=1S/C22H15Cl2N3O3S.C19H15BrCl2N2O4S.C18H13Cl3N2O3S/c23-18-13-16(26-31(28,29)22-21(24)25-20-6-3-11-27(20)22)8-10-19(18)30-17-9-7-14-4-1-2-5-15(14)12-17;1-11-3-4-19(15(22)5-11)29(25,26)24-16-8-17(27-2)18(7-14(16)20)28-13-6-12(21)9-23-10-13;1-11-2-4-15(8-16(11)20)27(24,25)23-13-3-5-18(17(21)7-13)26-14-6-12(19)9-22-10-14/h1-5,7-13,26H,6H2;3-10,24H,1-2H3;2-10,23H,1H3. The summed E-state index contributed by atoms with van der Waals surface area (Å²) in [6.45, 7) is 3.62. The number of imidazole rings is 1. The van der Waals surface area contributed by atoms with Crippen molar-refractivity contribution in [3.8, 4) is 40.2 Å². The lowest BCUT2D eigenvalue weighted by Gasteiger charge is -2.15. The van der Waals surface area contributed by atoms with E-state index in [4.69, 9.17) is 100 Å². The molecule has 28 heteroatoms. The Hall–Kier alpha value is -6.99. The Morgan fingerprint density at radius 1 is 0.529 bits per heavy atom. The summed E-state index contributed by atoms with van der Waals surface area (Å²) in [5.41, 5.74) is 2.47. The van der Waals surface area contributed by atoms with Crippen molar-refractivity contribution in [2.75, 3.05) is 21.3 Å². The van der Waals surface area contributed by atoms with Crippen LogP contribution in [-0.4, -0.2) is 51.9 Å². The third-order valence-electron chi connectivity index (χ3n) is 12.2. The van der Waals surface area contributed by atoms with Gasteiger partial charge in [-0.1, -0.05) is 130 Å². The van der Waals surface area contributed by atoms with E-state index in [1.807, 2.05) is 55.5 Å². The molecule has 3 N–H and O–H groups in total. The van der Waals surface area contributed by atoms with Crippen molar-refractivity contribution in [3.05, 3.63) is 227 Å². The monoisotopic (exact) mass is 1430 g/mol. The SMILES string of the molecule is COc1cc(NS(=O)(=O)c2ccc(C)cc2Cl)c(Br)cc1Oc1cncc(Cl)c1.Cc1ccc(S(=O)(=O)Nc2ccc(Oc3cncc(Cl)c3)c(Cl)c2)cc1Cl.O=S(=O)(Nc1ccc(Oc2ccc3ccccc3c2)c(Cl)c1)c1c(Cl)nc2n1C=CC2. The fraction of sp³-hybridized carbons (Fsp3) is 0.0678. The number of nitrogens with zero attached hydrogens (tertiary/aromatic N) is 4. The minimum absolute atomic E-state index is 0.0269. The number of sulfonamides is 3. The number of ether oxygens (including phenoxy) is 4. The summed E-state index contributed by atoms with van der Waals surface area (Å²) < 4.78 is 108. The molecule has 0 radical (unpaired) electrons. The van der Waals surface area contributed by atoms with Crippen LogP contribution in [-0.2, 0) is 36.5 Å². The highest BCUT2D eigenvalue weighted by atomic mass is 79.9. The van der Waals surface area contributed by atoms with Crippen LogP contribution in [0.15, 0.2) is 190 Å². The maximum Gasteiger partial charge on any atom is 0.281 e. The van der Waals surface area contributed by atoms with E-state index in [9.17, 15) is 25.3 Å². The molecule has 7 aromatic carbocycles. The number of anilines is 3. The van der Waals surface area contributed by atoms with Crippen molar-refractivity contribution in [1.29, 1.82) is 0 Å². The Balaban J connectivity index is 0.000000156.